The molecule has 0 aliphatic carbocycles. The molecule has 2 atom stereocenters. The van der Waals surface area contributed by atoms with Crippen LogP contribution in [0, 0.1) is 17.8 Å². The predicted molar refractivity (Wildman–Crippen MR) is 98.8 cm³/mol. The van der Waals surface area contributed by atoms with Crippen LogP contribution in [-0.4, -0.2) is 0 Å². The average Bonchev–Trinajstić information content (AvgIpc) is 2.38. The van der Waals surface area contributed by atoms with Crippen molar-refractivity contribution in [3.8, 4) is 0 Å². The van der Waals surface area contributed by atoms with E-state index in [0.717, 1.165) is 17.8 Å². The predicted octanol–water partition coefficient (Wildman–Crippen LogP) is 7.78. The Morgan fingerprint density at radius 2 is 1.24 bits per heavy atom. The fourth-order valence-corrected chi connectivity index (χ4v) is 3.16. The molecule has 0 fully saturated rings. The molecule has 0 saturated heterocycles. The van der Waals surface area contributed by atoms with E-state index in [0.29, 0.717) is 0 Å². The van der Waals surface area contributed by atoms with Crippen molar-refractivity contribution in [3.05, 3.63) is 11.6 Å². The van der Waals surface area contributed by atoms with Crippen LogP contribution >= 0.6 is 0 Å². The van der Waals surface area contributed by atoms with Crippen molar-refractivity contribution < 1.29 is 0 Å². The molecule has 0 heteroatoms. The van der Waals surface area contributed by atoms with Gasteiger partial charge in [0.15, 0.2) is 0 Å². The van der Waals surface area contributed by atoms with Gasteiger partial charge in [0.1, 0.15) is 0 Å². The smallest absolute Gasteiger partial charge is 0.0323 e. The lowest BCUT2D eigenvalue weighted by Gasteiger charge is -2.15. The minimum absolute atomic E-state index is 0.877. The van der Waals surface area contributed by atoms with Gasteiger partial charge >= 0.3 is 0 Å². The Kier molecular flexibility index (Phi) is 13.2. The fraction of sp³-hybridized carbons (Fsp3) is 0.905. The SMILES string of the molecule is CC/C=C(\C)CCC[C@H](C)CCC[C@@H](C)CCCC(C)C. The lowest BCUT2D eigenvalue weighted by molar-refractivity contribution is 0.389. The molecule has 0 amide bonds. The molecule has 0 unspecified atom stereocenters. The van der Waals surface area contributed by atoms with E-state index in [9.17, 15) is 0 Å². The van der Waals surface area contributed by atoms with Crippen LogP contribution in [0.2, 0.25) is 0 Å². The topological polar surface area (TPSA) is 0 Å². The second-order valence-electron chi connectivity index (χ2n) is 7.82. The van der Waals surface area contributed by atoms with Crippen LogP contribution < -0.4 is 0 Å². The Bertz CT molecular complexity index is 249. The van der Waals surface area contributed by atoms with Gasteiger partial charge in [-0.05, 0) is 43.9 Å². The molecule has 0 heterocycles. The van der Waals surface area contributed by atoms with Gasteiger partial charge in [-0.15, -0.1) is 0 Å². The Hall–Kier alpha value is -0.260. The van der Waals surface area contributed by atoms with Crippen LogP contribution in [0.5, 0.6) is 0 Å². The molecule has 0 spiro atoms. The molecule has 0 aromatic heterocycles. The number of hydrogen-bond donors (Lipinski definition) is 0. The van der Waals surface area contributed by atoms with Crippen molar-refractivity contribution >= 4 is 0 Å². The first-order chi connectivity index (χ1) is 9.95. The van der Waals surface area contributed by atoms with Crippen LogP contribution in [-0.2, 0) is 0 Å². The van der Waals surface area contributed by atoms with Crippen molar-refractivity contribution in [1.82, 2.24) is 0 Å². The maximum Gasteiger partial charge on any atom is -0.0323 e. The second-order valence-corrected chi connectivity index (χ2v) is 7.82. The molecule has 0 aromatic rings. The highest BCUT2D eigenvalue weighted by Gasteiger charge is 2.06. The second kappa shape index (κ2) is 13.4. The maximum atomic E-state index is 2.45. The van der Waals surface area contributed by atoms with Gasteiger partial charge in [-0.2, -0.15) is 0 Å². The molecule has 0 N–H and O–H groups in total. The van der Waals surface area contributed by atoms with Crippen molar-refractivity contribution in [1.29, 1.82) is 0 Å². The van der Waals surface area contributed by atoms with Crippen LogP contribution in [0.4, 0.5) is 0 Å². The first-order valence-corrected chi connectivity index (χ1v) is 9.61. The lowest BCUT2D eigenvalue weighted by atomic mass is 9.91. The van der Waals surface area contributed by atoms with Gasteiger partial charge in [0, 0.05) is 0 Å². The maximum absolute atomic E-state index is 2.45. The highest BCUT2D eigenvalue weighted by atomic mass is 14.1. The molecular weight excluding hydrogens is 252 g/mol. The number of allylic oxidation sites excluding steroid dienone is 2. The third-order valence-corrected chi connectivity index (χ3v) is 4.69. The first kappa shape index (κ1) is 20.7. The minimum atomic E-state index is 0.877. The summed E-state index contributed by atoms with van der Waals surface area (Å²) < 4.78 is 0. The molecule has 0 nitrogen and oxygen atoms in total. The molecule has 0 aliphatic heterocycles. The Morgan fingerprint density at radius 3 is 1.71 bits per heavy atom. The van der Waals surface area contributed by atoms with E-state index in [2.05, 4.69) is 47.6 Å². The van der Waals surface area contributed by atoms with E-state index < -0.39 is 0 Å². The summed E-state index contributed by atoms with van der Waals surface area (Å²) in [6.07, 6.45) is 16.3. The lowest BCUT2D eigenvalue weighted by Crippen LogP contribution is -2.00. The fourth-order valence-electron chi connectivity index (χ4n) is 3.16. The quantitative estimate of drug-likeness (QED) is 0.304. The molecule has 0 aliphatic rings. The van der Waals surface area contributed by atoms with Crippen molar-refractivity contribution in [2.45, 2.75) is 106 Å². The van der Waals surface area contributed by atoms with Crippen LogP contribution in [0.1, 0.15) is 106 Å². The zero-order chi connectivity index (χ0) is 16.1. The number of hydrogen-bond acceptors (Lipinski definition) is 0. The van der Waals surface area contributed by atoms with E-state index in [4.69, 9.17) is 0 Å². The summed E-state index contributed by atoms with van der Waals surface area (Å²) in [4.78, 5) is 0. The van der Waals surface area contributed by atoms with Crippen molar-refractivity contribution in [2.75, 3.05) is 0 Å². The van der Waals surface area contributed by atoms with Gasteiger partial charge in [-0.3, -0.25) is 0 Å². The van der Waals surface area contributed by atoms with E-state index >= 15 is 0 Å². The van der Waals surface area contributed by atoms with Crippen LogP contribution in [0.15, 0.2) is 11.6 Å². The monoisotopic (exact) mass is 294 g/mol. The van der Waals surface area contributed by atoms with Gasteiger partial charge < -0.3 is 0 Å². The van der Waals surface area contributed by atoms with Gasteiger partial charge in [-0.1, -0.05) is 91.2 Å². The third kappa shape index (κ3) is 14.4. The van der Waals surface area contributed by atoms with Crippen LogP contribution in [0.3, 0.4) is 0 Å². The normalized spacial score (nSPS) is 15.5. The number of rotatable bonds is 13. The molecule has 0 radical (unpaired) electrons. The van der Waals surface area contributed by atoms with Gasteiger partial charge in [0.25, 0.3) is 0 Å². The molecule has 0 aromatic carbocycles. The van der Waals surface area contributed by atoms with E-state index in [1.54, 1.807) is 5.57 Å². The molecule has 0 saturated carbocycles. The average molecular weight is 295 g/mol. The Morgan fingerprint density at radius 1 is 0.762 bits per heavy atom. The summed E-state index contributed by atoms with van der Waals surface area (Å²) in [6, 6.07) is 0. The highest BCUT2D eigenvalue weighted by Crippen LogP contribution is 2.22. The molecule has 21 heavy (non-hydrogen) atoms. The molecule has 126 valence electrons. The van der Waals surface area contributed by atoms with Gasteiger partial charge in [-0.25, -0.2) is 0 Å². The van der Waals surface area contributed by atoms with Gasteiger partial charge in [0.2, 0.25) is 0 Å². The molecular formula is C21H42. The van der Waals surface area contributed by atoms with Crippen molar-refractivity contribution in [3.63, 3.8) is 0 Å². The summed E-state index contributed by atoms with van der Waals surface area (Å²) in [5.74, 6) is 2.73. The van der Waals surface area contributed by atoms with E-state index in [1.165, 1.54) is 64.2 Å². The summed E-state index contributed by atoms with van der Waals surface area (Å²) >= 11 is 0. The zero-order valence-electron chi connectivity index (χ0n) is 15.9. The van der Waals surface area contributed by atoms with Crippen molar-refractivity contribution in [2.24, 2.45) is 17.8 Å². The first-order valence-electron chi connectivity index (χ1n) is 9.61. The molecule has 0 rings (SSSR count). The Labute approximate surface area is 135 Å². The van der Waals surface area contributed by atoms with Gasteiger partial charge in [0.05, 0.1) is 0 Å². The van der Waals surface area contributed by atoms with E-state index in [-0.39, 0.29) is 0 Å². The standard InChI is InChI=1S/C21H42/c1-7-11-19(4)14-9-15-21(6)17-10-16-20(5)13-8-12-18(2)3/h11,18,20-21H,7-10,12-17H2,1-6H3/b19-11+/t20-,21-/m0/s1. The Balaban J connectivity index is 3.52. The summed E-state index contributed by atoms with van der Waals surface area (Å²) in [6.45, 7) is 14.1. The minimum Gasteiger partial charge on any atom is -0.0859 e. The largest absolute Gasteiger partial charge is 0.0859 e. The summed E-state index contributed by atoms with van der Waals surface area (Å²) in [5, 5.41) is 0. The van der Waals surface area contributed by atoms with E-state index in [1.807, 2.05) is 0 Å². The summed E-state index contributed by atoms with van der Waals surface area (Å²) in [7, 11) is 0. The molecule has 0 bridgehead atoms. The zero-order valence-corrected chi connectivity index (χ0v) is 15.9. The van der Waals surface area contributed by atoms with Crippen LogP contribution in [0.25, 0.3) is 0 Å². The third-order valence-electron chi connectivity index (χ3n) is 4.69. The highest BCUT2D eigenvalue weighted by molar-refractivity contribution is 4.96. The summed E-state index contributed by atoms with van der Waals surface area (Å²) in [5.41, 5.74) is 1.59.